The molecule has 13 heteroatoms. The Bertz CT molecular complexity index is 337. The summed E-state index contributed by atoms with van der Waals surface area (Å²) in [5, 5.41) is 34.2. The molecular weight excluding hydrogens is 330 g/mol. The van der Waals surface area contributed by atoms with Gasteiger partial charge in [0.05, 0.1) is 19.5 Å². The monoisotopic (exact) mass is 345 g/mol. The summed E-state index contributed by atoms with van der Waals surface area (Å²) in [7, 11) is 0. The molecule has 0 rings (SSSR count). The van der Waals surface area contributed by atoms with E-state index in [1.807, 2.05) is 0 Å². The molecule has 0 aliphatic rings. The van der Waals surface area contributed by atoms with Gasteiger partial charge in [0.25, 0.3) is 0 Å². The molecule has 9 nitrogen and oxygen atoms in total. The van der Waals surface area contributed by atoms with E-state index in [9.17, 15) is 19.2 Å². The van der Waals surface area contributed by atoms with Gasteiger partial charge in [-0.15, -0.1) is 0 Å². The molecule has 0 fully saturated rings. The molecule has 0 aromatic rings. The van der Waals surface area contributed by atoms with Crippen LogP contribution in [0.15, 0.2) is 0 Å². The van der Waals surface area contributed by atoms with Crippen LogP contribution in [0.25, 0.3) is 0 Å². The molecule has 0 amide bonds. The predicted molar refractivity (Wildman–Crippen MR) is 79.1 cm³/mol. The molecule has 0 heterocycles. The van der Waals surface area contributed by atoms with E-state index in [1.165, 1.54) is 0 Å². The maximum absolute atomic E-state index is 10.7. The number of aliphatic carboxylic acids is 4. The summed E-state index contributed by atoms with van der Waals surface area (Å²) in [6, 6.07) is -1.69. The first-order valence-electron chi connectivity index (χ1n) is 4.36. The van der Waals surface area contributed by atoms with Crippen molar-refractivity contribution in [3.05, 3.63) is 0 Å². The van der Waals surface area contributed by atoms with Crippen LogP contribution < -0.4 is 0 Å². The normalized spacial score (nSPS) is 9.76. The molecule has 0 spiro atoms. The average molecular weight is 345 g/mol. The standard InChI is InChI=1S/C8H11NO8.4Na.4H/c10-5(11)1-4(8(16)17)9(2-6(12)13)3-7(14)15;;;;;;;;/h4H,1-3H2,(H,10,11)(H,12,13)(H,14,15)(H,16,17);;;;;;;;/t4-;;;;;;;;/m0......../s1. The zero-order valence-electron chi connectivity index (χ0n) is 8.57. The van der Waals surface area contributed by atoms with Crippen molar-refractivity contribution >= 4 is 142 Å². The summed E-state index contributed by atoms with van der Waals surface area (Å²) in [6.45, 7) is -1.73. The second-order valence-electron chi connectivity index (χ2n) is 3.14. The van der Waals surface area contributed by atoms with Crippen molar-refractivity contribution in [3.63, 3.8) is 0 Å². The third-order valence-corrected chi connectivity index (χ3v) is 1.77. The fourth-order valence-corrected chi connectivity index (χ4v) is 1.16. The zero-order chi connectivity index (χ0) is 13.6. The number of carboxylic acids is 4. The van der Waals surface area contributed by atoms with Crippen molar-refractivity contribution in [1.82, 2.24) is 4.90 Å². The van der Waals surface area contributed by atoms with Crippen LogP contribution in [0.4, 0.5) is 0 Å². The zero-order valence-corrected chi connectivity index (χ0v) is 8.57. The Labute approximate surface area is 209 Å². The minimum atomic E-state index is -1.69. The van der Waals surface area contributed by atoms with Crippen molar-refractivity contribution in [3.8, 4) is 0 Å². The molecule has 4 N–H and O–H groups in total. The van der Waals surface area contributed by atoms with Crippen LogP contribution in [0, 0.1) is 0 Å². The van der Waals surface area contributed by atoms with Gasteiger partial charge in [0.1, 0.15) is 6.04 Å². The quantitative estimate of drug-likeness (QED) is 0.321. The first-order chi connectivity index (χ1) is 7.73. The van der Waals surface area contributed by atoms with Gasteiger partial charge in [-0.2, -0.15) is 0 Å². The third kappa shape index (κ3) is 18.0. The van der Waals surface area contributed by atoms with E-state index in [-0.39, 0.29) is 118 Å². The Hall–Kier alpha value is 1.84. The van der Waals surface area contributed by atoms with E-state index in [2.05, 4.69) is 0 Å². The summed E-state index contributed by atoms with van der Waals surface area (Å²) in [5.74, 6) is -5.93. The van der Waals surface area contributed by atoms with E-state index in [0.29, 0.717) is 4.90 Å². The van der Waals surface area contributed by atoms with Gasteiger partial charge in [0.2, 0.25) is 0 Å². The number of hydrogen-bond acceptors (Lipinski definition) is 5. The second-order valence-corrected chi connectivity index (χ2v) is 3.14. The van der Waals surface area contributed by atoms with Crippen LogP contribution in [0.5, 0.6) is 0 Å². The average Bonchev–Trinajstić information content (AvgIpc) is 2.10. The van der Waals surface area contributed by atoms with Crippen LogP contribution in [0.2, 0.25) is 0 Å². The first kappa shape index (κ1) is 34.2. The van der Waals surface area contributed by atoms with Crippen LogP contribution in [0.3, 0.4) is 0 Å². The van der Waals surface area contributed by atoms with Gasteiger partial charge in [0, 0.05) is 0 Å². The van der Waals surface area contributed by atoms with Gasteiger partial charge < -0.3 is 20.4 Å². The number of rotatable bonds is 8. The number of hydrogen-bond donors (Lipinski definition) is 4. The van der Waals surface area contributed by atoms with Gasteiger partial charge in [-0.25, -0.2) is 0 Å². The fraction of sp³-hybridized carbons (Fsp3) is 0.500. The molecular formula is C8H15NNa4O8. The van der Waals surface area contributed by atoms with Gasteiger partial charge >= 0.3 is 142 Å². The summed E-state index contributed by atoms with van der Waals surface area (Å²) in [5.41, 5.74) is 0. The summed E-state index contributed by atoms with van der Waals surface area (Å²) in [6.07, 6.45) is -0.879. The molecule has 0 unspecified atom stereocenters. The third-order valence-electron chi connectivity index (χ3n) is 1.77. The van der Waals surface area contributed by atoms with Crippen LogP contribution in [0.1, 0.15) is 6.42 Å². The van der Waals surface area contributed by atoms with E-state index >= 15 is 0 Å². The topological polar surface area (TPSA) is 152 Å². The first-order valence-corrected chi connectivity index (χ1v) is 4.36. The number of carbonyl (C=O) groups is 4. The molecule has 0 aromatic heterocycles. The molecule has 1 atom stereocenters. The van der Waals surface area contributed by atoms with Crippen LogP contribution in [-0.4, -0.2) is 187 Å². The van der Waals surface area contributed by atoms with E-state index < -0.39 is 49.4 Å². The van der Waals surface area contributed by atoms with Crippen molar-refractivity contribution in [2.24, 2.45) is 0 Å². The second kappa shape index (κ2) is 18.2. The van der Waals surface area contributed by atoms with E-state index in [1.54, 1.807) is 0 Å². The molecule has 21 heavy (non-hydrogen) atoms. The number of carboxylic acid groups (broad SMARTS) is 4. The molecule has 0 aliphatic heterocycles. The fourth-order valence-electron chi connectivity index (χ4n) is 1.16. The summed E-state index contributed by atoms with van der Waals surface area (Å²) >= 11 is 0. The molecule has 0 radical (unpaired) electrons. The van der Waals surface area contributed by atoms with Crippen LogP contribution >= 0.6 is 0 Å². The molecule has 0 aromatic carbocycles. The van der Waals surface area contributed by atoms with Crippen molar-refractivity contribution in [2.75, 3.05) is 13.1 Å². The van der Waals surface area contributed by atoms with Gasteiger partial charge in [-0.3, -0.25) is 24.1 Å². The van der Waals surface area contributed by atoms with Gasteiger partial charge in [0.15, 0.2) is 0 Å². The summed E-state index contributed by atoms with van der Waals surface area (Å²) < 4.78 is 0. The Kier molecular flexibility index (Phi) is 29.6. The van der Waals surface area contributed by atoms with E-state index in [0.717, 1.165) is 0 Å². The molecule has 0 saturated carbocycles. The Morgan fingerprint density at radius 3 is 1.24 bits per heavy atom. The Morgan fingerprint density at radius 2 is 1.05 bits per heavy atom. The van der Waals surface area contributed by atoms with Crippen molar-refractivity contribution in [1.29, 1.82) is 0 Å². The molecule has 104 valence electrons. The van der Waals surface area contributed by atoms with Crippen LogP contribution in [-0.2, 0) is 19.2 Å². The minimum absolute atomic E-state index is 0. The summed E-state index contributed by atoms with van der Waals surface area (Å²) in [4.78, 5) is 42.6. The number of nitrogens with zero attached hydrogens (tertiary/aromatic N) is 1. The van der Waals surface area contributed by atoms with Gasteiger partial charge in [-0.1, -0.05) is 0 Å². The molecule has 0 bridgehead atoms. The maximum atomic E-state index is 10.7. The molecule has 0 aliphatic carbocycles. The SMILES string of the molecule is O=C(O)C[C@@H](C(=O)O)N(CC(=O)O)CC(=O)O.[NaH].[NaH].[NaH].[NaH]. The molecule has 0 saturated heterocycles. The van der Waals surface area contributed by atoms with Crippen molar-refractivity contribution < 1.29 is 39.6 Å². The Morgan fingerprint density at radius 1 is 0.714 bits per heavy atom. The predicted octanol–water partition coefficient (Wildman–Crippen LogP) is -4.21. The van der Waals surface area contributed by atoms with E-state index in [4.69, 9.17) is 20.4 Å². The van der Waals surface area contributed by atoms with Crippen molar-refractivity contribution in [2.45, 2.75) is 12.5 Å². The Balaban J connectivity index is -0.000000213. The van der Waals surface area contributed by atoms with Gasteiger partial charge in [-0.05, 0) is 0 Å².